The van der Waals surface area contributed by atoms with Crippen LogP contribution in [0.5, 0.6) is 0 Å². The van der Waals surface area contributed by atoms with Crippen LogP contribution >= 0.6 is 0 Å². The van der Waals surface area contributed by atoms with Crippen molar-refractivity contribution < 1.29 is 22.8 Å². The number of alkyl halides is 3. The Labute approximate surface area is 135 Å². The van der Waals surface area contributed by atoms with Gasteiger partial charge in [-0.25, -0.2) is 0 Å². The van der Waals surface area contributed by atoms with Crippen LogP contribution in [0.1, 0.15) is 39.5 Å². The van der Waals surface area contributed by atoms with Crippen LogP contribution in [-0.2, 0) is 9.59 Å². The maximum atomic E-state index is 12.7. The monoisotopic (exact) mass is 334 g/mol. The Morgan fingerprint density at radius 2 is 1.65 bits per heavy atom. The van der Waals surface area contributed by atoms with Crippen LogP contribution < -0.4 is 0 Å². The molecule has 0 N–H and O–H groups in total. The molecule has 2 aliphatic rings. The van der Waals surface area contributed by atoms with Gasteiger partial charge in [-0.15, -0.1) is 0 Å². The predicted molar refractivity (Wildman–Crippen MR) is 79.5 cm³/mol. The summed E-state index contributed by atoms with van der Waals surface area (Å²) in [5.74, 6) is -0.554. The van der Waals surface area contributed by atoms with Gasteiger partial charge in [-0.3, -0.25) is 9.59 Å². The molecule has 0 spiro atoms. The minimum Gasteiger partial charge on any atom is -0.342 e. The summed E-state index contributed by atoms with van der Waals surface area (Å²) in [6.07, 6.45) is -1.59. The zero-order valence-electron chi connectivity index (χ0n) is 13.7. The fourth-order valence-electron chi connectivity index (χ4n) is 3.08. The summed E-state index contributed by atoms with van der Waals surface area (Å²) >= 11 is 0. The number of amides is 2. The Morgan fingerprint density at radius 1 is 1.09 bits per heavy atom. The third kappa shape index (κ3) is 5.39. The summed E-state index contributed by atoms with van der Waals surface area (Å²) in [5.41, 5.74) is 0. The molecule has 7 heteroatoms. The van der Waals surface area contributed by atoms with Crippen molar-refractivity contribution in [1.29, 1.82) is 0 Å². The van der Waals surface area contributed by atoms with Gasteiger partial charge in [0.1, 0.15) is 6.54 Å². The lowest BCUT2D eigenvalue weighted by Gasteiger charge is -2.35. The first-order valence-electron chi connectivity index (χ1n) is 8.31. The Kier molecular flexibility index (Phi) is 5.57. The van der Waals surface area contributed by atoms with Crippen molar-refractivity contribution in [3.8, 4) is 0 Å². The van der Waals surface area contributed by atoms with Gasteiger partial charge in [0.05, 0.1) is 0 Å². The van der Waals surface area contributed by atoms with E-state index in [1.807, 2.05) is 0 Å². The molecule has 4 nitrogen and oxygen atoms in total. The normalized spacial score (nSPS) is 20.0. The fourth-order valence-corrected chi connectivity index (χ4v) is 3.08. The van der Waals surface area contributed by atoms with Gasteiger partial charge in [-0.05, 0) is 31.6 Å². The van der Waals surface area contributed by atoms with Crippen LogP contribution in [0.25, 0.3) is 0 Å². The van der Waals surface area contributed by atoms with E-state index in [2.05, 4.69) is 0 Å². The zero-order valence-corrected chi connectivity index (χ0v) is 13.7. The highest BCUT2D eigenvalue weighted by atomic mass is 19.4. The van der Waals surface area contributed by atoms with Gasteiger partial charge in [0.25, 0.3) is 0 Å². The molecular formula is C16H25F3N2O2. The lowest BCUT2D eigenvalue weighted by molar-refractivity contribution is -0.165. The second kappa shape index (κ2) is 7.09. The van der Waals surface area contributed by atoms with Gasteiger partial charge >= 0.3 is 6.18 Å². The molecule has 1 aliphatic carbocycles. The molecule has 23 heavy (non-hydrogen) atoms. The number of hydrogen-bond acceptors (Lipinski definition) is 2. The Morgan fingerprint density at radius 3 is 2.09 bits per heavy atom. The van der Waals surface area contributed by atoms with Crippen LogP contribution in [0, 0.1) is 17.8 Å². The van der Waals surface area contributed by atoms with E-state index in [1.165, 1.54) is 0 Å². The van der Waals surface area contributed by atoms with E-state index in [-0.39, 0.29) is 24.3 Å². The number of carbonyl (C=O) groups excluding carboxylic acids is 2. The first-order chi connectivity index (χ1) is 10.7. The second-order valence-electron chi connectivity index (χ2n) is 7.10. The van der Waals surface area contributed by atoms with Crippen LogP contribution in [0.15, 0.2) is 0 Å². The van der Waals surface area contributed by atoms with Crippen molar-refractivity contribution in [2.24, 2.45) is 17.8 Å². The van der Waals surface area contributed by atoms with Gasteiger partial charge in [0, 0.05) is 31.5 Å². The summed E-state index contributed by atoms with van der Waals surface area (Å²) < 4.78 is 38.1. The third-order valence-corrected chi connectivity index (χ3v) is 4.35. The summed E-state index contributed by atoms with van der Waals surface area (Å²) in [7, 11) is 0. The summed E-state index contributed by atoms with van der Waals surface area (Å²) in [4.78, 5) is 27.1. The van der Waals surface area contributed by atoms with Crippen molar-refractivity contribution in [3.05, 3.63) is 0 Å². The number of carbonyl (C=O) groups is 2. The smallest absolute Gasteiger partial charge is 0.342 e. The SMILES string of the molecule is CC(C)CN(CC(F)(F)F)C(=O)C1CCN(C(=O)C2CC2)CC1. The van der Waals surface area contributed by atoms with Crippen LogP contribution in [0.2, 0.25) is 0 Å². The van der Waals surface area contributed by atoms with Crippen molar-refractivity contribution in [2.75, 3.05) is 26.2 Å². The molecule has 132 valence electrons. The van der Waals surface area contributed by atoms with Gasteiger partial charge in [0.15, 0.2) is 0 Å². The molecule has 0 radical (unpaired) electrons. The molecule has 1 saturated heterocycles. The highest BCUT2D eigenvalue weighted by Crippen LogP contribution is 2.33. The highest BCUT2D eigenvalue weighted by molar-refractivity contribution is 5.82. The second-order valence-corrected chi connectivity index (χ2v) is 7.10. The number of piperidine rings is 1. The molecule has 0 aromatic heterocycles. The molecule has 0 unspecified atom stereocenters. The van der Waals surface area contributed by atoms with Crippen LogP contribution in [-0.4, -0.2) is 54.0 Å². The molecule has 1 heterocycles. The van der Waals surface area contributed by atoms with E-state index in [0.29, 0.717) is 25.9 Å². The Bertz CT molecular complexity index is 439. The molecule has 2 rings (SSSR count). The largest absolute Gasteiger partial charge is 0.406 e. The topological polar surface area (TPSA) is 40.6 Å². The van der Waals surface area contributed by atoms with E-state index in [1.54, 1.807) is 18.7 Å². The molecule has 2 amide bonds. The molecule has 0 aromatic carbocycles. The summed E-state index contributed by atoms with van der Waals surface area (Å²) in [6, 6.07) is 0. The van der Waals surface area contributed by atoms with E-state index in [0.717, 1.165) is 17.7 Å². The number of nitrogens with zero attached hydrogens (tertiary/aromatic N) is 2. The lowest BCUT2D eigenvalue weighted by atomic mass is 9.94. The van der Waals surface area contributed by atoms with Crippen LogP contribution in [0.4, 0.5) is 13.2 Å². The van der Waals surface area contributed by atoms with E-state index in [4.69, 9.17) is 0 Å². The third-order valence-electron chi connectivity index (χ3n) is 4.35. The average molecular weight is 334 g/mol. The van der Waals surface area contributed by atoms with Crippen molar-refractivity contribution >= 4 is 11.8 Å². The minimum absolute atomic E-state index is 0.0159. The maximum absolute atomic E-state index is 12.7. The predicted octanol–water partition coefficient (Wildman–Crippen LogP) is 2.68. The van der Waals surface area contributed by atoms with E-state index in [9.17, 15) is 22.8 Å². The summed E-state index contributed by atoms with van der Waals surface area (Å²) in [5, 5.41) is 0. The van der Waals surface area contributed by atoms with Crippen molar-refractivity contribution in [2.45, 2.75) is 45.7 Å². The number of rotatable bonds is 5. The quantitative estimate of drug-likeness (QED) is 0.776. The van der Waals surface area contributed by atoms with Gasteiger partial charge < -0.3 is 9.80 Å². The minimum atomic E-state index is -4.38. The molecule has 0 atom stereocenters. The van der Waals surface area contributed by atoms with E-state index < -0.39 is 24.5 Å². The first-order valence-corrected chi connectivity index (χ1v) is 8.31. The van der Waals surface area contributed by atoms with Crippen LogP contribution in [0.3, 0.4) is 0 Å². The van der Waals surface area contributed by atoms with Gasteiger partial charge in [-0.1, -0.05) is 13.8 Å². The zero-order chi connectivity index (χ0) is 17.2. The molecule has 2 fully saturated rings. The Balaban J connectivity index is 1.90. The van der Waals surface area contributed by atoms with E-state index >= 15 is 0 Å². The van der Waals surface area contributed by atoms with Gasteiger partial charge in [0.2, 0.25) is 11.8 Å². The van der Waals surface area contributed by atoms with Crippen molar-refractivity contribution in [3.63, 3.8) is 0 Å². The molecule has 1 aliphatic heterocycles. The molecule has 0 aromatic rings. The fraction of sp³-hybridized carbons (Fsp3) is 0.875. The maximum Gasteiger partial charge on any atom is 0.406 e. The molecular weight excluding hydrogens is 309 g/mol. The standard InChI is InChI=1S/C16H25F3N2O2/c1-11(2)9-21(10-16(17,18)19)15(23)13-5-7-20(8-6-13)14(22)12-3-4-12/h11-13H,3-10H2,1-2H3. The number of halogens is 3. The first kappa shape index (κ1) is 18.1. The molecule has 0 bridgehead atoms. The lowest BCUT2D eigenvalue weighted by Crippen LogP contribution is -2.48. The Hall–Kier alpha value is -1.27. The summed E-state index contributed by atoms with van der Waals surface area (Å²) in [6.45, 7) is 3.48. The average Bonchev–Trinajstić information content (AvgIpc) is 3.28. The molecule has 1 saturated carbocycles. The number of hydrogen-bond donors (Lipinski definition) is 0. The van der Waals surface area contributed by atoms with Crippen molar-refractivity contribution in [1.82, 2.24) is 9.80 Å². The number of likely N-dealkylation sites (tertiary alicyclic amines) is 1. The van der Waals surface area contributed by atoms with Gasteiger partial charge in [-0.2, -0.15) is 13.2 Å². The highest BCUT2D eigenvalue weighted by Gasteiger charge is 2.39.